The first-order valence-electron chi connectivity index (χ1n) is 4.50. The molecule has 1 heterocycles. The molecule has 0 aliphatic heterocycles. The van der Waals surface area contributed by atoms with Crippen LogP contribution in [0.1, 0.15) is 10.5 Å². The van der Waals surface area contributed by atoms with Crippen LogP contribution in [0.15, 0.2) is 30.3 Å². The standard InChI is InChI=1S/C11H10N2O2/c1-13-10(6-8(7-14)12-13)9-4-2-3-5-11(9)15/h2-7,15H,1H3. The summed E-state index contributed by atoms with van der Waals surface area (Å²) in [5, 5.41) is 13.6. The quantitative estimate of drug-likeness (QED) is 0.752. The molecule has 0 bridgehead atoms. The highest BCUT2D eigenvalue weighted by molar-refractivity contribution is 5.77. The Morgan fingerprint density at radius 2 is 2.13 bits per heavy atom. The van der Waals surface area contributed by atoms with E-state index >= 15 is 0 Å². The Hall–Kier alpha value is -2.10. The van der Waals surface area contributed by atoms with E-state index in [4.69, 9.17) is 0 Å². The summed E-state index contributed by atoms with van der Waals surface area (Å²) >= 11 is 0. The fraction of sp³-hybridized carbons (Fsp3) is 0.0909. The van der Waals surface area contributed by atoms with Gasteiger partial charge in [-0.25, -0.2) is 0 Å². The van der Waals surface area contributed by atoms with E-state index in [-0.39, 0.29) is 5.75 Å². The highest BCUT2D eigenvalue weighted by Gasteiger charge is 2.09. The van der Waals surface area contributed by atoms with Gasteiger partial charge in [0.15, 0.2) is 6.29 Å². The molecule has 1 aromatic carbocycles. The first-order chi connectivity index (χ1) is 7.22. The number of aldehydes is 1. The van der Waals surface area contributed by atoms with Crippen LogP contribution in [0.2, 0.25) is 0 Å². The van der Waals surface area contributed by atoms with E-state index in [2.05, 4.69) is 5.10 Å². The molecule has 0 saturated heterocycles. The lowest BCUT2D eigenvalue weighted by atomic mass is 10.1. The van der Waals surface area contributed by atoms with Crippen molar-refractivity contribution in [3.63, 3.8) is 0 Å². The number of aryl methyl sites for hydroxylation is 1. The molecule has 15 heavy (non-hydrogen) atoms. The van der Waals surface area contributed by atoms with Gasteiger partial charge in [0, 0.05) is 12.6 Å². The SMILES string of the molecule is Cn1nc(C=O)cc1-c1ccccc1O. The smallest absolute Gasteiger partial charge is 0.170 e. The van der Waals surface area contributed by atoms with Crippen LogP contribution < -0.4 is 0 Å². The van der Waals surface area contributed by atoms with Crippen molar-refractivity contribution in [2.75, 3.05) is 0 Å². The molecule has 0 atom stereocenters. The molecule has 0 saturated carbocycles. The number of carbonyl (C=O) groups is 1. The molecule has 0 unspecified atom stereocenters. The molecule has 0 fully saturated rings. The maximum absolute atomic E-state index is 10.5. The summed E-state index contributed by atoms with van der Waals surface area (Å²) in [5.41, 5.74) is 1.74. The number of phenols is 1. The van der Waals surface area contributed by atoms with Crippen molar-refractivity contribution >= 4 is 6.29 Å². The number of carbonyl (C=O) groups excluding carboxylic acids is 1. The maximum Gasteiger partial charge on any atom is 0.170 e. The van der Waals surface area contributed by atoms with E-state index in [9.17, 15) is 9.90 Å². The molecule has 76 valence electrons. The number of rotatable bonds is 2. The normalized spacial score (nSPS) is 10.2. The second-order valence-corrected chi connectivity index (χ2v) is 3.21. The van der Waals surface area contributed by atoms with Gasteiger partial charge in [-0.05, 0) is 18.2 Å². The lowest BCUT2D eigenvalue weighted by Gasteiger charge is -2.03. The average molecular weight is 202 g/mol. The number of hydrogen-bond donors (Lipinski definition) is 1. The van der Waals surface area contributed by atoms with Gasteiger partial charge in [0.1, 0.15) is 11.4 Å². The highest BCUT2D eigenvalue weighted by Crippen LogP contribution is 2.28. The van der Waals surface area contributed by atoms with Crippen molar-refractivity contribution in [1.82, 2.24) is 9.78 Å². The van der Waals surface area contributed by atoms with Gasteiger partial charge < -0.3 is 5.11 Å². The van der Waals surface area contributed by atoms with E-state index in [0.29, 0.717) is 17.5 Å². The van der Waals surface area contributed by atoms with Gasteiger partial charge in [-0.15, -0.1) is 0 Å². The Bertz CT molecular complexity index is 503. The molecule has 0 aliphatic rings. The van der Waals surface area contributed by atoms with Gasteiger partial charge in [-0.1, -0.05) is 12.1 Å². The summed E-state index contributed by atoms with van der Waals surface area (Å²) in [7, 11) is 1.73. The van der Waals surface area contributed by atoms with Gasteiger partial charge >= 0.3 is 0 Å². The summed E-state index contributed by atoms with van der Waals surface area (Å²) in [6.07, 6.45) is 0.684. The van der Waals surface area contributed by atoms with E-state index in [1.807, 2.05) is 6.07 Å². The Morgan fingerprint density at radius 3 is 2.73 bits per heavy atom. The maximum atomic E-state index is 10.5. The molecule has 4 heteroatoms. The number of para-hydroxylation sites is 1. The summed E-state index contributed by atoms with van der Waals surface area (Å²) in [4.78, 5) is 10.5. The number of nitrogens with zero attached hydrogens (tertiary/aromatic N) is 2. The molecule has 0 aliphatic carbocycles. The minimum absolute atomic E-state index is 0.179. The van der Waals surface area contributed by atoms with Crippen LogP contribution in [0.5, 0.6) is 5.75 Å². The van der Waals surface area contributed by atoms with Gasteiger partial charge in [0.05, 0.1) is 5.69 Å². The molecular weight excluding hydrogens is 192 g/mol. The van der Waals surface area contributed by atoms with E-state index in [1.54, 1.807) is 36.0 Å². The van der Waals surface area contributed by atoms with Crippen molar-refractivity contribution in [2.45, 2.75) is 0 Å². The lowest BCUT2D eigenvalue weighted by molar-refractivity contribution is 0.111. The number of aromatic hydroxyl groups is 1. The monoisotopic (exact) mass is 202 g/mol. The van der Waals surface area contributed by atoms with Crippen molar-refractivity contribution in [2.24, 2.45) is 7.05 Å². The van der Waals surface area contributed by atoms with Crippen LogP contribution in [0.3, 0.4) is 0 Å². The Balaban J connectivity index is 2.58. The first-order valence-corrected chi connectivity index (χ1v) is 4.50. The van der Waals surface area contributed by atoms with Crippen molar-refractivity contribution in [3.05, 3.63) is 36.0 Å². The van der Waals surface area contributed by atoms with Crippen LogP contribution >= 0.6 is 0 Å². The summed E-state index contributed by atoms with van der Waals surface area (Å²) in [6, 6.07) is 8.59. The summed E-state index contributed by atoms with van der Waals surface area (Å²) in [5.74, 6) is 0.179. The summed E-state index contributed by atoms with van der Waals surface area (Å²) in [6.45, 7) is 0. The van der Waals surface area contributed by atoms with Gasteiger partial charge in [0.25, 0.3) is 0 Å². The van der Waals surface area contributed by atoms with Gasteiger partial charge in [-0.3, -0.25) is 9.48 Å². The van der Waals surface area contributed by atoms with Crippen LogP contribution in [0, 0.1) is 0 Å². The van der Waals surface area contributed by atoms with Crippen LogP contribution in [0.25, 0.3) is 11.3 Å². The molecule has 0 amide bonds. The number of hydrogen-bond acceptors (Lipinski definition) is 3. The minimum atomic E-state index is 0.179. The Morgan fingerprint density at radius 1 is 1.40 bits per heavy atom. The van der Waals surface area contributed by atoms with Crippen molar-refractivity contribution in [1.29, 1.82) is 0 Å². The van der Waals surface area contributed by atoms with E-state index in [1.165, 1.54) is 0 Å². The third-order valence-corrected chi connectivity index (χ3v) is 2.20. The summed E-state index contributed by atoms with van der Waals surface area (Å²) < 4.78 is 1.57. The minimum Gasteiger partial charge on any atom is -0.507 e. The predicted octanol–water partition coefficient (Wildman–Crippen LogP) is 1.61. The zero-order valence-corrected chi connectivity index (χ0v) is 8.21. The van der Waals surface area contributed by atoms with Crippen molar-refractivity contribution in [3.8, 4) is 17.0 Å². The van der Waals surface area contributed by atoms with Gasteiger partial charge in [-0.2, -0.15) is 5.10 Å². The first kappa shape index (κ1) is 9.45. The zero-order valence-electron chi connectivity index (χ0n) is 8.21. The van der Waals surface area contributed by atoms with Crippen molar-refractivity contribution < 1.29 is 9.90 Å². The molecule has 0 radical (unpaired) electrons. The second kappa shape index (κ2) is 3.57. The predicted molar refractivity (Wildman–Crippen MR) is 55.7 cm³/mol. The molecule has 0 spiro atoms. The van der Waals surface area contributed by atoms with E-state index < -0.39 is 0 Å². The Kier molecular flexibility index (Phi) is 2.25. The number of phenolic OH excluding ortho intramolecular Hbond substituents is 1. The molecule has 2 aromatic rings. The molecule has 1 N–H and O–H groups in total. The number of aromatic nitrogens is 2. The second-order valence-electron chi connectivity index (χ2n) is 3.21. The highest BCUT2D eigenvalue weighted by atomic mass is 16.3. The largest absolute Gasteiger partial charge is 0.507 e. The van der Waals surface area contributed by atoms with Crippen LogP contribution in [-0.2, 0) is 7.05 Å². The fourth-order valence-electron chi connectivity index (χ4n) is 1.49. The van der Waals surface area contributed by atoms with Crippen LogP contribution in [-0.4, -0.2) is 21.2 Å². The lowest BCUT2D eigenvalue weighted by Crippen LogP contribution is -1.94. The zero-order chi connectivity index (χ0) is 10.8. The average Bonchev–Trinajstić information content (AvgIpc) is 2.60. The van der Waals surface area contributed by atoms with Crippen LogP contribution in [0.4, 0.5) is 0 Å². The number of benzene rings is 1. The third-order valence-electron chi connectivity index (χ3n) is 2.20. The molecular formula is C11H10N2O2. The van der Waals surface area contributed by atoms with E-state index in [0.717, 1.165) is 5.69 Å². The van der Waals surface area contributed by atoms with Gasteiger partial charge in [0.2, 0.25) is 0 Å². The molecule has 1 aromatic heterocycles. The third kappa shape index (κ3) is 1.61. The molecule has 2 rings (SSSR count). The fourth-order valence-corrected chi connectivity index (χ4v) is 1.49. The Labute approximate surface area is 86.8 Å². The molecule has 4 nitrogen and oxygen atoms in total. The topological polar surface area (TPSA) is 55.1 Å².